The minimum absolute atomic E-state index is 0.158. The number of rotatable bonds is 2. The lowest BCUT2D eigenvalue weighted by Gasteiger charge is -2.02. The van der Waals surface area contributed by atoms with Crippen LogP contribution in [0.5, 0.6) is 5.88 Å². The van der Waals surface area contributed by atoms with E-state index in [0.717, 1.165) is 5.56 Å². The predicted molar refractivity (Wildman–Crippen MR) is 68.4 cm³/mol. The number of hydrogen-bond acceptors (Lipinski definition) is 3. The van der Waals surface area contributed by atoms with Crippen LogP contribution in [0.15, 0.2) is 29.1 Å². The van der Waals surface area contributed by atoms with Gasteiger partial charge in [0, 0.05) is 6.42 Å². The summed E-state index contributed by atoms with van der Waals surface area (Å²) in [7, 11) is 0. The molecule has 1 heterocycles. The molecule has 0 unspecified atom stereocenters. The molecule has 4 nitrogen and oxygen atoms in total. The molecule has 2 rings (SSSR count). The first-order valence-corrected chi connectivity index (χ1v) is 5.86. The summed E-state index contributed by atoms with van der Waals surface area (Å²) in [5.41, 5.74) is 0.422. The van der Waals surface area contributed by atoms with Gasteiger partial charge in [-0.1, -0.05) is 12.1 Å². The molecule has 17 heavy (non-hydrogen) atoms. The maximum atomic E-state index is 12.7. The van der Waals surface area contributed by atoms with Gasteiger partial charge < -0.3 is 10.1 Å². The number of nitrogens with one attached hydrogen (secondary N) is 1. The summed E-state index contributed by atoms with van der Waals surface area (Å²) in [6.45, 7) is 0. The molecule has 0 bridgehead atoms. The molecule has 1 aromatic carbocycles. The minimum atomic E-state index is -0.379. The Kier molecular flexibility index (Phi) is 3.41. The van der Waals surface area contributed by atoms with Crippen molar-refractivity contribution in [2.45, 2.75) is 6.42 Å². The monoisotopic (exact) mass is 346 g/mol. The Morgan fingerprint density at radius 1 is 1.35 bits per heavy atom. The Hall–Kier alpha value is -1.44. The lowest BCUT2D eigenvalue weighted by Crippen LogP contribution is -2.14. The van der Waals surface area contributed by atoms with E-state index >= 15 is 0 Å². The molecule has 0 aliphatic rings. The fourth-order valence-electron chi connectivity index (χ4n) is 1.37. The second-order valence-corrected chi connectivity index (χ2v) is 4.53. The van der Waals surface area contributed by atoms with Crippen LogP contribution >= 0.6 is 22.6 Å². The topological polar surface area (TPSA) is 66.0 Å². The van der Waals surface area contributed by atoms with Gasteiger partial charge in [-0.05, 0) is 40.3 Å². The third kappa shape index (κ3) is 2.82. The molecule has 0 spiro atoms. The molecule has 1 aromatic heterocycles. The molecule has 2 aromatic rings. The molecule has 0 saturated carbocycles. The SMILES string of the molecule is O=c1[nH]c(Cc2ccc(F)cc2)nc(O)c1I. The minimum Gasteiger partial charge on any atom is -0.492 e. The fraction of sp³-hybridized carbons (Fsp3) is 0.0909. The van der Waals surface area contributed by atoms with Gasteiger partial charge >= 0.3 is 0 Å². The summed E-state index contributed by atoms with van der Waals surface area (Å²) in [6, 6.07) is 5.87. The standard InChI is InChI=1S/C11H8FIN2O2/c12-7-3-1-6(2-4-7)5-8-14-10(16)9(13)11(17)15-8/h1-4H,5H2,(H2,14,15,16,17). The number of benzene rings is 1. The Morgan fingerprint density at radius 3 is 2.59 bits per heavy atom. The molecule has 6 heteroatoms. The van der Waals surface area contributed by atoms with Crippen LogP contribution in [0.25, 0.3) is 0 Å². The average molecular weight is 346 g/mol. The first kappa shape index (κ1) is 12.0. The van der Waals surface area contributed by atoms with Gasteiger partial charge in [-0.2, -0.15) is 4.98 Å². The van der Waals surface area contributed by atoms with E-state index in [4.69, 9.17) is 0 Å². The van der Waals surface area contributed by atoms with Crippen molar-refractivity contribution in [3.8, 4) is 5.88 Å². The van der Waals surface area contributed by atoms with E-state index in [1.807, 2.05) is 0 Å². The summed E-state index contributed by atoms with van der Waals surface area (Å²) in [4.78, 5) is 17.8. The molecule has 88 valence electrons. The van der Waals surface area contributed by atoms with Crippen LogP contribution < -0.4 is 5.56 Å². The predicted octanol–water partition coefficient (Wildman–Crippen LogP) is 1.81. The van der Waals surface area contributed by atoms with E-state index in [0.29, 0.717) is 12.2 Å². The van der Waals surface area contributed by atoms with Crippen molar-refractivity contribution in [1.82, 2.24) is 9.97 Å². The van der Waals surface area contributed by atoms with Crippen molar-refractivity contribution in [2.24, 2.45) is 0 Å². The van der Waals surface area contributed by atoms with Gasteiger partial charge in [-0.3, -0.25) is 4.79 Å². The van der Waals surface area contributed by atoms with Gasteiger partial charge in [0.05, 0.1) is 0 Å². The van der Waals surface area contributed by atoms with E-state index in [9.17, 15) is 14.3 Å². The van der Waals surface area contributed by atoms with Crippen LogP contribution in [0.1, 0.15) is 11.4 Å². The molecular weight excluding hydrogens is 338 g/mol. The number of hydrogen-bond donors (Lipinski definition) is 2. The highest BCUT2D eigenvalue weighted by Crippen LogP contribution is 2.13. The number of aromatic nitrogens is 2. The molecular formula is C11H8FIN2O2. The lowest BCUT2D eigenvalue weighted by molar-refractivity contribution is 0.443. The van der Waals surface area contributed by atoms with Gasteiger partial charge in [0.25, 0.3) is 5.56 Å². The Labute approximate surface area is 110 Å². The zero-order valence-corrected chi connectivity index (χ0v) is 10.7. The van der Waals surface area contributed by atoms with E-state index in [1.165, 1.54) is 12.1 Å². The number of halogens is 2. The van der Waals surface area contributed by atoms with E-state index in [1.54, 1.807) is 34.7 Å². The molecule has 2 N–H and O–H groups in total. The Morgan fingerprint density at radius 2 is 2.00 bits per heavy atom. The van der Waals surface area contributed by atoms with Crippen molar-refractivity contribution in [1.29, 1.82) is 0 Å². The maximum Gasteiger partial charge on any atom is 0.268 e. The normalized spacial score (nSPS) is 10.5. The zero-order valence-electron chi connectivity index (χ0n) is 8.58. The van der Waals surface area contributed by atoms with Crippen LogP contribution in [-0.2, 0) is 6.42 Å². The third-order valence-corrected chi connectivity index (χ3v) is 3.15. The number of H-pyrrole nitrogens is 1. The molecule has 0 aliphatic heterocycles. The molecule has 0 aliphatic carbocycles. The first-order chi connectivity index (χ1) is 8.06. The van der Waals surface area contributed by atoms with Gasteiger partial charge in [0.1, 0.15) is 15.2 Å². The smallest absolute Gasteiger partial charge is 0.268 e. The summed E-state index contributed by atoms with van der Waals surface area (Å²) in [6.07, 6.45) is 0.333. The van der Waals surface area contributed by atoms with Crippen LogP contribution in [0, 0.1) is 9.39 Å². The highest BCUT2D eigenvalue weighted by molar-refractivity contribution is 14.1. The summed E-state index contributed by atoms with van der Waals surface area (Å²) in [5.74, 6) is -0.258. The highest BCUT2D eigenvalue weighted by atomic mass is 127. The molecule has 0 atom stereocenters. The van der Waals surface area contributed by atoms with Gasteiger partial charge in [0.2, 0.25) is 5.88 Å². The van der Waals surface area contributed by atoms with Crippen molar-refractivity contribution in [3.63, 3.8) is 0 Å². The third-order valence-electron chi connectivity index (χ3n) is 2.18. The molecule has 0 radical (unpaired) electrons. The number of aromatic amines is 1. The number of aromatic hydroxyl groups is 1. The van der Waals surface area contributed by atoms with Crippen molar-refractivity contribution < 1.29 is 9.50 Å². The van der Waals surface area contributed by atoms with Gasteiger partial charge in [0.15, 0.2) is 0 Å². The van der Waals surface area contributed by atoms with Crippen LogP contribution in [0.2, 0.25) is 0 Å². The second kappa shape index (κ2) is 4.82. The van der Waals surface area contributed by atoms with Crippen molar-refractivity contribution in [3.05, 3.63) is 55.4 Å². The van der Waals surface area contributed by atoms with Crippen molar-refractivity contribution >= 4 is 22.6 Å². The van der Waals surface area contributed by atoms with Gasteiger partial charge in [-0.15, -0.1) is 0 Å². The van der Waals surface area contributed by atoms with Crippen LogP contribution in [0.3, 0.4) is 0 Å². The van der Waals surface area contributed by atoms with E-state index in [2.05, 4.69) is 9.97 Å². The van der Waals surface area contributed by atoms with Gasteiger partial charge in [-0.25, -0.2) is 4.39 Å². The largest absolute Gasteiger partial charge is 0.492 e. The molecule has 0 amide bonds. The van der Waals surface area contributed by atoms with Crippen LogP contribution in [0.4, 0.5) is 4.39 Å². The summed E-state index contributed by atoms with van der Waals surface area (Å²) < 4.78 is 12.9. The Balaban J connectivity index is 2.30. The lowest BCUT2D eigenvalue weighted by atomic mass is 10.1. The fourth-order valence-corrected chi connectivity index (χ4v) is 1.63. The molecule has 0 fully saturated rings. The average Bonchev–Trinajstić information content (AvgIpc) is 2.29. The van der Waals surface area contributed by atoms with E-state index in [-0.39, 0.29) is 20.8 Å². The highest BCUT2D eigenvalue weighted by Gasteiger charge is 2.07. The molecule has 0 saturated heterocycles. The van der Waals surface area contributed by atoms with Crippen molar-refractivity contribution in [2.75, 3.05) is 0 Å². The zero-order chi connectivity index (χ0) is 12.4. The number of nitrogens with zero attached hydrogens (tertiary/aromatic N) is 1. The summed E-state index contributed by atoms with van der Waals surface area (Å²) >= 11 is 1.72. The second-order valence-electron chi connectivity index (χ2n) is 3.45. The van der Waals surface area contributed by atoms with Crippen LogP contribution in [-0.4, -0.2) is 15.1 Å². The quantitative estimate of drug-likeness (QED) is 0.816. The van der Waals surface area contributed by atoms with E-state index < -0.39 is 0 Å². The Bertz CT molecular complexity index is 595. The maximum absolute atomic E-state index is 12.7. The first-order valence-electron chi connectivity index (χ1n) is 4.78. The summed E-state index contributed by atoms with van der Waals surface area (Å²) in [5, 5.41) is 9.40.